The summed E-state index contributed by atoms with van der Waals surface area (Å²) in [6.45, 7) is 3.69. The number of nitrogens with one attached hydrogen (secondary N) is 2. The molecule has 8 heteroatoms. The van der Waals surface area contributed by atoms with Crippen LogP contribution in [-0.2, 0) is 6.54 Å². The molecule has 1 aromatic carbocycles. The second-order valence-corrected chi connectivity index (χ2v) is 7.58. The predicted octanol–water partition coefficient (Wildman–Crippen LogP) is 4.76. The summed E-state index contributed by atoms with van der Waals surface area (Å²) in [5.41, 5.74) is 2.59. The van der Waals surface area contributed by atoms with E-state index in [1.807, 2.05) is 61.9 Å². The van der Waals surface area contributed by atoms with Crippen molar-refractivity contribution in [3.05, 3.63) is 78.0 Å². The van der Waals surface area contributed by atoms with Gasteiger partial charge in [-0.25, -0.2) is 15.0 Å². The summed E-state index contributed by atoms with van der Waals surface area (Å²) in [7, 11) is 0. The number of pyridine rings is 1. The Labute approximate surface area is 186 Å². The zero-order valence-corrected chi connectivity index (χ0v) is 18.0. The van der Waals surface area contributed by atoms with Crippen LogP contribution in [0.1, 0.15) is 18.9 Å². The van der Waals surface area contributed by atoms with Gasteiger partial charge in [-0.3, -0.25) is 4.99 Å². The Kier molecular flexibility index (Phi) is 6.74. The molecule has 158 valence electrons. The second-order valence-electron chi connectivity index (χ2n) is 7.14. The predicted molar refractivity (Wildman–Crippen MR) is 128 cm³/mol. The van der Waals surface area contributed by atoms with Gasteiger partial charge in [-0.2, -0.15) is 0 Å². The van der Waals surface area contributed by atoms with Crippen molar-refractivity contribution in [1.29, 1.82) is 0 Å². The maximum absolute atomic E-state index is 6.13. The van der Waals surface area contributed by atoms with Crippen LogP contribution in [0.2, 0.25) is 5.02 Å². The first-order valence-corrected chi connectivity index (χ1v) is 10.6. The maximum Gasteiger partial charge on any atom is 0.135 e. The number of rotatable bonds is 7. The van der Waals surface area contributed by atoms with Gasteiger partial charge in [-0.05, 0) is 49.8 Å². The summed E-state index contributed by atoms with van der Waals surface area (Å²) in [5.74, 6) is 1.55. The van der Waals surface area contributed by atoms with Crippen LogP contribution in [0, 0.1) is 0 Å². The van der Waals surface area contributed by atoms with Crippen LogP contribution >= 0.6 is 11.6 Å². The summed E-state index contributed by atoms with van der Waals surface area (Å²) in [6.07, 6.45) is 12.0. The average Bonchev–Trinajstić information content (AvgIpc) is 3.22. The van der Waals surface area contributed by atoms with Gasteiger partial charge in [-0.15, -0.1) is 0 Å². The van der Waals surface area contributed by atoms with Crippen molar-refractivity contribution in [3.63, 3.8) is 0 Å². The van der Waals surface area contributed by atoms with Crippen LogP contribution in [-0.4, -0.2) is 39.2 Å². The minimum absolute atomic E-state index is 0.115. The van der Waals surface area contributed by atoms with Crippen molar-refractivity contribution in [1.82, 2.24) is 14.5 Å². The van der Waals surface area contributed by atoms with Gasteiger partial charge in [0.2, 0.25) is 0 Å². The minimum atomic E-state index is -0.115. The number of benzene rings is 1. The lowest BCUT2D eigenvalue weighted by atomic mass is 10.1. The molecule has 1 aliphatic heterocycles. The molecule has 1 unspecified atom stereocenters. The van der Waals surface area contributed by atoms with E-state index >= 15 is 0 Å². The third-order valence-electron chi connectivity index (χ3n) is 4.80. The Morgan fingerprint density at radius 2 is 2.10 bits per heavy atom. The number of hydrogen-bond donors (Lipinski definition) is 2. The Morgan fingerprint density at radius 1 is 1.16 bits per heavy atom. The van der Waals surface area contributed by atoms with Gasteiger partial charge in [0.25, 0.3) is 0 Å². The molecule has 0 saturated heterocycles. The molecule has 7 nitrogen and oxygen atoms in total. The van der Waals surface area contributed by atoms with Crippen LogP contribution in [0.3, 0.4) is 0 Å². The molecule has 0 amide bonds. The quantitative estimate of drug-likeness (QED) is 0.526. The molecule has 2 aromatic heterocycles. The minimum Gasteiger partial charge on any atom is -0.369 e. The Morgan fingerprint density at radius 3 is 2.94 bits per heavy atom. The van der Waals surface area contributed by atoms with Gasteiger partial charge in [-0.1, -0.05) is 17.7 Å². The van der Waals surface area contributed by atoms with E-state index in [1.54, 1.807) is 18.6 Å². The molecule has 0 bridgehead atoms. The molecule has 0 radical (unpaired) electrons. The molecular weight excluding hydrogens is 410 g/mol. The fourth-order valence-electron chi connectivity index (χ4n) is 3.21. The number of allylic oxidation sites excluding steroid dienone is 1. The van der Waals surface area contributed by atoms with Gasteiger partial charge in [0, 0.05) is 54.2 Å². The summed E-state index contributed by atoms with van der Waals surface area (Å²) in [5, 5.41) is 7.47. The van der Waals surface area contributed by atoms with Crippen molar-refractivity contribution in [3.8, 4) is 0 Å². The summed E-state index contributed by atoms with van der Waals surface area (Å²) < 4.78 is 2.06. The van der Waals surface area contributed by atoms with E-state index in [2.05, 4.69) is 30.2 Å². The largest absolute Gasteiger partial charge is 0.369 e. The average molecular weight is 434 g/mol. The van der Waals surface area contributed by atoms with E-state index in [0.717, 1.165) is 48.1 Å². The van der Waals surface area contributed by atoms with E-state index in [9.17, 15) is 0 Å². The number of aliphatic imine (C=N–C) groups is 2. The zero-order chi connectivity index (χ0) is 21.5. The van der Waals surface area contributed by atoms with Crippen LogP contribution in [0.4, 0.5) is 11.5 Å². The molecule has 0 saturated carbocycles. The highest BCUT2D eigenvalue weighted by atomic mass is 35.5. The highest BCUT2D eigenvalue weighted by Crippen LogP contribution is 2.25. The standard InChI is InChI=1S/C23H24ClN7/c1-17-22(29-19-6-2-5-18(24)15-19)30-21(8-11-26-17)20-7-3-9-27-23(20)28-10-4-13-31-14-12-25-16-31/h2-3,5-9,11-12,14-17H,4,10,13H2,1H3,(H,27,28)(H,29,30). The van der Waals surface area contributed by atoms with Crippen LogP contribution in [0.5, 0.6) is 0 Å². The van der Waals surface area contributed by atoms with E-state index < -0.39 is 0 Å². The first kappa shape index (κ1) is 20.8. The van der Waals surface area contributed by atoms with Gasteiger partial charge in [0.05, 0.1) is 12.0 Å². The number of aromatic nitrogens is 3. The third kappa shape index (κ3) is 5.58. The normalized spacial score (nSPS) is 15.7. The summed E-state index contributed by atoms with van der Waals surface area (Å²) in [4.78, 5) is 18.1. The van der Waals surface area contributed by atoms with Gasteiger partial charge < -0.3 is 15.2 Å². The summed E-state index contributed by atoms with van der Waals surface area (Å²) >= 11 is 6.13. The monoisotopic (exact) mass is 433 g/mol. The van der Waals surface area contributed by atoms with Crippen molar-refractivity contribution in [2.75, 3.05) is 17.2 Å². The molecule has 0 fully saturated rings. The third-order valence-corrected chi connectivity index (χ3v) is 5.04. The number of nitrogens with zero attached hydrogens (tertiary/aromatic N) is 5. The van der Waals surface area contributed by atoms with Crippen molar-refractivity contribution < 1.29 is 0 Å². The van der Waals surface area contributed by atoms with Gasteiger partial charge in [0.15, 0.2) is 0 Å². The zero-order valence-electron chi connectivity index (χ0n) is 17.2. The molecule has 0 spiro atoms. The fraction of sp³-hybridized carbons (Fsp3) is 0.217. The lowest BCUT2D eigenvalue weighted by Crippen LogP contribution is -2.23. The van der Waals surface area contributed by atoms with Crippen LogP contribution in [0.15, 0.2) is 77.4 Å². The highest BCUT2D eigenvalue weighted by Gasteiger charge is 2.16. The number of anilines is 2. The Bertz CT molecular complexity index is 1100. The number of halogens is 1. The summed E-state index contributed by atoms with van der Waals surface area (Å²) in [6, 6.07) is 11.4. The van der Waals surface area contributed by atoms with Crippen molar-refractivity contribution in [2.24, 2.45) is 9.98 Å². The molecule has 3 aromatic rings. The number of amidine groups is 1. The smallest absolute Gasteiger partial charge is 0.135 e. The molecule has 0 aliphatic carbocycles. The topological polar surface area (TPSA) is 79.5 Å². The van der Waals surface area contributed by atoms with E-state index in [1.165, 1.54) is 0 Å². The molecule has 1 atom stereocenters. The number of hydrogen-bond acceptors (Lipinski definition) is 6. The molecule has 4 rings (SSSR count). The SMILES string of the molecule is CC1N=CC=C(c2cccnc2NCCCn2ccnc2)N=C1Nc1cccc(Cl)c1. The highest BCUT2D eigenvalue weighted by molar-refractivity contribution is 6.31. The van der Waals surface area contributed by atoms with Crippen LogP contribution < -0.4 is 10.6 Å². The molecular formula is C23H24ClN7. The first-order chi connectivity index (χ1) is 15.2. The Balaban J connectivity index is 1.51. The number of aryl methyl sites for hydroxylation is 1. The lowest BCUT2D eigenvalue weighted by molar-refractivity contribution is 0.660. The second kappa shape index (κ2) is 10.0. The molecule has 3 heterocycles. The van der Waals surface area contributed by atoms with Gasteiger partial charge >= 0.3 is 0 Å². The molecule has 1 aliphatic rings. The van der Waals surface area contributed by atoms with Crippen molar-refractivity contribution >= 4 is 40.9 Å². The molecule has 2 N–H and O–H groups in total. The first-order valence-electron chi connectivity index (χ1n) is 10.2. The van der Waals surface area contributed by atoms with Crippen LogP contribution in [0.25, 0.3) is 5.70 Å². The molecule has 31 heavy (non-hydrogen) atoms. The number of imidazole rings is 1. The lowest BCUT2D eigenvalue weighted by Gasteiger charge is -2.15. The Hall–Kier alpha value is -3.45. The van der Waals surface area contributed by atoms with E-state index in [0.29, 0.717) is 5.02 Å². The maximum atomic E-state index is 6.13. The van der Waals surface area contributed by atoms with Crippen molar-refractivity contribution in [2.45, 2.75) is 25.9 Å². The van der Waals surface area contributed by atoms with Gasteiger partial charge in [0.1, 0.15) is 17.7 Å². The van der Waals surface area contributed by atoms with E-state index in [4.69, 9.17) is 16.6 Å². The fourth-order valence-corrected chi connectivity index (χ4v) is 3.40. The van der Waals surface area contributed by atoms with E-state index in [-0.39, 0.29) is 6.04 Å².